The van der Waals surface area contributed by atoms with E-state index in [9.17, 15) is 0 Å². The number of nitrogens with zero attached hydrogens (tertiary/aromatic N) is 3. The first-order valence-electron chi connectivity index (χ1n) is 7.33. The van der Waals surface area contributed by atoms with Crippen molar-refractivity contribution in [3.8, 4) is 5.69 Å². The van der Waals surface area contributed by atoms with Gasteiger partial charge in [-0.3, -0.25) is 4.98 Å². The van der Waals surface area contributed by atoms with E-state index in [0.29, 0.717) is 5.92 Å². The Morgan fingerprint density at radius 3 is 2.81 bits per heavy atom. The van der Waals surface area contributed by atoms with E-state index in [1.807, 2.05) is 35.1 Å². The molecule has 0 saturated carbocycles. The van der Waals surface area contributed by atoms with Gasteiger partial charge >= 0.3 is 0 Å². The van der Waals surface area contributed by atoms with Crippen LogP contribution in [0.15, 0.2) is 48.8 Å². The van der Waals surface area contributed by atoms with Gasteiger partial charge in [0.25, 0.3) is 0 Å². The molecule has 0 bridgehead atoms. The molecule has 0 unspecified atom stereocenters. The van der Waals surface area contributed by atoms with E-state index in [2.05, 4.69) is 36.4 Å². The van der Waals surface area contributed by atoms with Crippen molar-refractivity contribution >= 4 is 10.9 Å². The van der Waals surface area contributed by atoms with Crippen LogP contribution in [0.4, 0.5) is 0 Å². The average molecular weight is 280 g/mol. The Morgan fingerprint density at radius 2 is 2.05 bits per heavy atom. The van der Waals surface area contributed by atoms with Crippen molar-refractivity contribution in [3.63, 3.8) is 0 Å². The monoisotopic (exact) mass is 280 g/mol. The van der Waals surface area contributed by atoms with Gasteiger partial charge in [0.05, 0.1) is 16.9 Å². The van der Waals surface area contributed by atoms with Crippen molar-refractivity contribution in [2.24, 2.45) is 5.92 Å². The molecule has 2 heterocycles. The Morgan fingerprint density at radius 1 is 1.19 bits per heavy atom. The highest BCUT2D eigenvalue weighted by molar-refractivity contribution is 5.87. The van der Waals surface area contributed by atoms with Crippen molar-refractivity contribution < 1.29 is 0 Å². The molecule has 0 radical (unpaired) electrons. The maximum atomic E-state index is 4.74. The molecule has 21 heavy (non-hydrogen) atoms. The van der Waals surface area contributed by atoms with Crippen molar-refractivity contribution in [3.05, 3.63) is 54.5 Å². The van der Waals surface area contributed by atoms with Gasteiger partial charge < -0.3 is 5.32 Å². The summed E-state index contributed by atoms with van der Waals surface area (Å²) in [7, 11) is 0. The molecule has 4 heteroatoms. The molecule has 0 spiro atoms. The van der Waals surface area contributed by atoms with Gasteiger partial charge in [-0.2, -0.15) is 5.10 Å². The SMILES string of the molecule is CC(C)CNCc1cc(-n2cccn2)c2ccccc2n1. The molecule has 3 aromatic rings. The van der Waals surface area contributed by atoms with Gasteiger partial charge in [-0.1, -0.05) is 32.0 Å². The third-order valence-electron chi connectivity index (χ3n) is 3.36. The largest absolute Gasteiger partial charge is 0.311 e. The molecule has 0 aliphatic rings. The van der Waals surface area contributed by atoms with Crippen molar-refractivity contribution in [1.29, 1.82) is 0 Å². The number of hydrogen-bond donors (Lipinski definition) is 1. The lowest BCUT2D eigenvalue weighted by atomic mass is 10.1. The number of fused-ring (bicyclic) bond motifs is 1. The van der Waals surface area contributed by atoms with E-state index in [1.165, 1.54) is 0 Å². The maximum Gasteiger partial charge on any atom is 0.0758 e. The Labute approximate surface area is 124 Å². The fourth-order valence-electron chi connectivity index (χ4n) is 2.39. The Kier molecular flexibility index (Phi) is 3.97. The second-order valence-corrected chi connectivity index (χ2v) is 5.63. The van der Waals surface area contributed by atoms with E-state index < -0.39 is 0 Å². The summed E-state index contributed by atoms with van der Waals surface area (Å²) in [5.41, 5.74) is 3.12. The normalized spacial score (nSPS) is 11.4. The van der Waals surface area contributed by atoms with Crippen LogP contribution in [-0.2, 0) is 6.54 Å². The van der Waals surface area contributed by atoms with Crippen LogP contribution in [0, 0.1) is 5.92 Å². The number of hydrogen-bond acceptors (Lipinski definition) is 3. The molecule has 3 rings (SSSR count). The fourth-order valence-corrected chi connectivity index (χ4v) is 2.39. The first-order chi connectivity index (χ1) is 10.2. The minimum absolute atomic E-state index is 0.635. The van der Waals surface area contributed by atoms with Crippen LogP contribution in [0.1, 0.15) is 19.5 Å². The van der Waals surface area contributed by atoms with Gasteiger partial charge in [-0.15, -0.1) is 0 Å². The van der Waals surface area contributed by atoms with Crippen LogP contribution >= 0.6 is 0 Å². The summed E-state index contributed by atoms with van der Waals surface area (Å²) in [6.45, 7) is 6.18. The number of benzene rings is 1. The van der Waals surface area contributed by atoms with Crippen LogP contribution in [0.2, 0.25) is 0 Å². The predicted octanol–water partition coefficient (Wildman–Crippen LogP) is 3.17. The first kappa shape index (κ1) is 13.8. The Bertz CT molecular complexity index is 717. The molecular formula is C17H20N4. The highest BCUT2D eigenvalue weighted by Crippen LogP contribution is 2.21. The molecule has 4 nitrogen and oxygen atoms in total. The van der Waals surface area contributed by atoms with Crippen molar-refractivity contribution in [2.45, 2.75) is 20.4 Å². The number of rotatable bonds is 5. The molecule has 0 fully saturated rings. The second-order valence-electron chi connectivity index (χ2n) is 5.63. The van der Waals surface area contributed by atoms with Crippen molar-refractivity contribution in [2.75, 3.05) is 6.54 Å². The van der Waals surface area contributed by atoms with E-state index in [0.717, 1.165) is 35.4 Å². The lowest BCUT2D eigenvalue weighted by Gasteiger charge is -2.11. The first-order valence-corrected chi connectivity index (χ1v) is 7.33. The summed E-state index contributed by atoms with van der Waals surface area (Å²) >= 11 is 0. The summed E-state index contributed by atoms with van der Waals surface area (Å²) in [6, 6.07) is 12.2. The third kappa shape index (κ3) is 3.11. The van der Waals surface area contributed by atoms with Gasteiger partial charge in [0.2, 0.25) is 0 Å². The smallest absolute Gasteiger partial charge is 0.0758 e. The molecule has 0 amide bonds. The standard InChI is InChI=1S/C17H20N4/c1-13(2)11-18-12-14-10-17(21-9-5-8-19-21)15-6-3-4-7-16(15)20-14/h3-10,13,18H,11-12H2,1-2H3. The zero-order chi connectivity index (χ0) is 14.7. The molecule has 108 valence electrons. The van der Waals surface area contributed by atoms with Gasteiger partial charge in [-0.25, -0.2) is 4.68 Å². The highest BCUT2D eigenvalue weighted by atomic mass is 15.3. The molecule has 0 aliphatic carbocycles. The lowest BCUT2D eigenvalue weighted by Crippen LogP contribution is -2.19. The summed E-state index contributed by atoms with van der Waals surface area (Å²) < 4.78 is 1.90. The van der Waals surface area contributed by atoms with Gasteiger partial charge in [-0.05, 0) is 30.7 Å². The molecule has 0 aliphatic heterocycles. The van der Waals surface area contributed by atoms with E-state index in [-0.39, 0.29) is 0 Å². The van der Waals surface area contributed by atoms with Gasteiger partial charge in [0.1, 0.15) is 0 Å². The number of nitrogens with one attached hydrogen (secondary N) is 1. The van der Waals surface area contributed by atoms with Gasteiger partial charge in [0, 0.05) is 24.3 Å². The Hall–Kier alpha value is -2.20. The van der Waals surface area contributed by atoms with E-state index >= 15 is 0 Å². The van der Waals surface area contributed by atoms with Gasteiger partial charge in [0.15, 0.2) is 0 Å². The van der Waals surface area contributed by atoms with Crippen LogP contribution in [0.25, 0.3) is 16.6 Å². The fraction of sp³-hybridized carbons (Fsp3) is 0.294. The zero-order valence-corrected chi connectivity index (χ0v) is 12.5. The molecule has 0 saturated heterocycles. The average Bonchev–Trinajstić information content (AvgIpc) is 3.00. The quantitative estimate of drug-likeness (QED) is 0.780. The molecule has 1 aromatic carbocycles. The van der Waals surface area contributed by atoms with Crippen LogP contribution in [0.3, 0.4) is 0 Å². The molecular weight excluding hydrogens is 260 g/mol. The van der Waals surface area contributed by atoms with Crippen molar-refractivity contribution in [1.82, 2.24) is 20.1 Å². The second kappa shape index (κ2) is 6.06. The number of aromatic nitrogens is 3. The predicted molar refractivity (Wildman–Crippen MR) is 85.4 cm³/mol. The van der Waals surface area contributed by atoms with Crippen LogP contribution < -0.4 is 5.32 Å². The topological polar surface area (TPSA) is 42.7 Å². The molecule has 0 atom stereocenters. The highest BCUT2D eigenvalue weighted by Gasteiger charge is 2.07. The third-order valence-corrected chi connectivity index (χ3v) is 3.36. The number of para-hydroxylation sites is 1. The lowest BCUT2D eigenvalue weighted by molar-refractivity contribution is 0.548. The molecule has 1 N–H and O–H groups in total. The number of pyridine rings is 1. The minimum atomic E-state index is 0.635. The Balaban J connectivity index is 1.99. The summed E-state index contributed by atoms with van der Waals surface area (Å²) in [5.74, 6) is 0.635. The summed E-state index contributed by atoms with van der Waals surface area (Å²) in [6.07, 6.45) is 3.76. The van der Waals surface area contributed by atoms with E-state index in [1.54, 1.807) is 6.20 Å². The minimum Gasteiger partial charge on any atom is -0.311 e. The molecule has 2 aromatic heterocycles. The summed E-state index contributed by atoms with van der Waals surface area (Å²) in [5, 5.41) is 8.92. The van der Waals surface area contributed by atoms with Crippen LogP contribution in [-0.4, -0.2) is 21.3 Å². The summed E-state index contributed by atoms with van der Waals surface area (Å²) in [4.78, 5) is 4.74. The zero-order valence-electron chi connectivity index (χ0n) is 12.5. The maximum absolute atomic E-state index is 4.74. The van der Waals surface area contributed by atoms with Crippen LogP contribution in [0.5, 0.6) is 0 Å². The van der Waals surface area contributed by atoms with E-state index in [4.69, 9.17) is 4.98 Å².